The number of carbonyl (C=O) groups excluding carboxylic acids is 1. The minimum atomic E-state index is -0.187. The fraction of sp³-hybridized carbons (Fsp3) is 0.333. The topological polar surface area (TPSA) is 124 Å². The summed E-state index contributed by atoms with van der Waals surface area (Å²) in [6.45, 7) is 1.11. The summed E-state index contributed by atoms with van der Waals surface area (Å²) in [5.74, 6) is 1.23. The highest BCUT2D eigenvalue weighted by Gasteiger charge is 2.26. The Bertz CT molecular complexity index is 1570. The Morgan fingerprint density at radius 1 is 1.05 bits per heavy atom. The fourth-order valence-corrected chi connectivity index (χ4v) is 6.32. The SMILES string of the molecule is N[C@@H](Cn1c(=O)ccc2ncc(Sc3ccccc3)cc21)C1CCC(NCc2ccc3c(n2)NC(=O)CO3)CC1. The van der Waals surface area contributed by atoms with E-state index in [1.54, 1.807) is 28.5 Å². The van der Waals surface area contributed by atoms with Crippen LogP contribution in [0.15, 0.2) is 81.4 Å². The fourth-order valence-electron chi connectivity index (χ4n) is 5.48. The maximum atomic E-state index is 12.9. The average molecular weight is 557 g/mol. The van der Waals surface area contributed by atoms with Gasteiger partial charge in [0.15, 0.2) is 18.2 Å². The van der Waals surface area contributed by atoms with Crippen molar-refractivity contribution in [3.8, 4) is 5.75 Å². The highest BCUT2D eigenvalue weighted by Crippen LogP contribution is 2.30. The van der Waals surface area contributed by atoms with Gasteiger partial charge in [0.1, 0.15) is 0 Å². The molecule has 9 nitrogen and oxygen atoms in total. The number of hydrogen-bond donors (Lipinski definition) is 3. The molecule has 3 aromatic heterocycles. The van der Waals surface area contributed by atoms with Gasteiger partial charge in [0, 0.05) is 47.2 Å². The molecule has 1 atom stereocenters. The first kappa shape index (κ1) is 26.5. The van der Waals surface area contributed by atoms with Gasteiger partial charge in [-0.3, -0.25) is 14.6 Å². The Morgan fingerprint density at radius 3 is 2.70 bits per heavy atom. The van der Waals surface area contributed by atoms with Gasteiger partial charge in [-0.1, -0.05) is 30.0 Å². The summed E-state index contributed by atoms with van der Waals surface area (Å²) in [6.07, 6.45) is 5.85. The summed E-state index contributed by atoms with van der Waals surface area (Å²) in [6, 6.07) is 19.6. The summed E-state index contributed by atoms with van der Waals surface area (Å²) in [7, 11) is 0. The maximum absolute atomic E-state index is 12.9. The van der Waals surface area contributed by atoms with Crippen LogP contribution in [0.25, 0.3) is 11.0 Å². The molecule has 1 saturated carbocycles. The smallest absolute Gasteiger partial charge is 0.263 e. The number of nitrogens with one attached hydrogen (secondary N) is 2. The van der Waals surface area contributed by atoms with Crippen LogP contribution in [0.5, 0.6) is 5.75 Å². The molecule has 1 aromatic carbocycles. The molecule has 4 N–H and O–H groups in total. The van der Waals surface area contributed by atoms with Gasteiger partial charge in [0.2, 0.25) is 0 Å². The van der Waals surface area contributed by atoms with Crippen molar-refractivity contribution in [2.75, 3.05) is 11.9 Å². The minimum absolute atomic E-state index is 0.0258. The van der Waals surface area contributed by atoms with Gasteiger partial charge in [-0.15, -0.1) is 0 Å². The molecule has 10 heteroatoms. The molecule has 4 aromatic rings. The van der Waals surface area contributed by atoms with Crippen molar-refractivity contribution >= 4 is 34.5 Å². The number of nitrogens with zero attached hydrogens (tertiary/aromatic N) is 3. The largest absolute Gasteiger partial charge is 0.480 e. The Kier molecular flexibility index (Phi) is 7.81. The predicted octanol–water partition coefficient (Wildman–Crippen LogP) is 3.95. The average Bonchev–Trinajstić information content (AvgIpc) is 2.98. The summed E-state index contributed by atoms with van der Waals surface area (Å²) >= 11 is 1.63. The zero-order valence-corrected chi connectivity index (χ0v) is 22.9. The molecule has 0 unspecified atom stereocenters. The van der Waals surface area contributed by atoms with E-state index in [0.29, 0.717) is 36.6 Å². The number of benzene rings is 1. The number of amides is 1. The van der Waals surface area contributed by atoms with E-state index >= 15 is 0 Å². The second kappa shape index (κ2) is 11.8. The van der Waals surface area contributed by atoms with E-state index < -0.39 is 0 Å². The van der Waals surface area contributed by atoms with E-state index in [0.717, 1.165) is 52.2 Å². The summed E-state index contributed by atoms with van der Waals surface area (Å²) in [5.41, 5.74) is 9.14. The van der Waals surface area contributed by atoms with E-state index in [1.165, 1.54) is 0 Å². The van der Waals surface area contributed by atoms with E-state index in [1.807, 2.05) is 42.6 Å². The van der Waals surface area contributed by atoms with Crippen molar-refractivity contribution in [2.24, 2.45) is 11.7 Å². The molecule has 1 fully saturated rings. The molecule has 1 amide bonds. The third-order valence-electron chi connectivity index (χ3n) is 7.67. The van der Waals surface area contributed by atoms with Gasteiger partial charge >= 0.3 is 0 Å². The number of hydrogen-bond acceptors (Lipinski definition) is 8. The Morgan fingerprint density at radius 2 is 1.88 bits per heavy atom. The Hall–Kier alpha value is -3.73. The van der Waals surface area contributed by atoms with Crippen molar-refractivity contribution in [3.05, 3.63) is 82.9 Å². The monoisotopic (exact) mass is 556 g/mol. The van der Waals surface area contributed by atoms with Gasteiger partial charge in [-0.05, 0) is 68.0 Å². The molecular weight excluding hydrogens is 524 g/mol. The standard InChI is InChI=1S/C30H32N6O3S/c31-24(17-36-26-14-23(40-22-4-2-1-3-5-22)16-33-25(26)11-13-29(36)38)19-6-8-20(9-7-19)32-15-21-10-12-27-30(34-21)35-28(37)18-39-27/h1-5,10-14,16,19-20,24,32H,6-9,15,17-18,31H2,(H,34,35,37)/t19?,20?,24-/m0/s1. The van der Waals surface area contributed by atoms with Gasteiger partial charge in [0.25, 0.3) is 11.5 Å². The van der Waals surface area contributed by atoms with E-state index in [4.69, 9.17) is 10.5 Å². The number of pyridine rings is 3. The number of anilines is 1. The molecule has 0 spiro atoms. The van der Waals surface area contributed by atoms with Crippen LogP contribution < -0.4 is 26.7 Å². The predicted molar refractivity (Wildman–Crippen MR) is 155 cm³/mol. The van der Waals surface area contributed by atoms with Gasteiger partial charge in [-0.2, -0.15) is 0 Å². The van der Waals surface area contributed by atoms with Crippen LogP contribution in [0.3, 0.4) is 0 Å². The molecule has 2 aliphatic rings. The summed E-state index contributed by atoms with van der Waals surface area (Å²) in [5, 5.41) is 6.36. The highest BCUT2D eigenvalue weighted by atomic mass is 32.2. The third-order valence-corrected chi connectivity index (χ3v) is 8.63. The van der Waals surface area contributed by atoms with E-state index in [-0.39, 0.29) is 24.1 Å². The van der Waals surface area contributed by atoms with E-state index in [9.17, 15) is 9.59 Å². The lowest BCUT2D eigenvalue weighted by Crippen LogP contribution is -2.42. The molecule has 206 valence electrons. The first-order chi connectivity index (χ1) is 19.5. The quantitative estimate of drug-likeness (QED) is 0.298. The van der Waals surface area contributed by atoms with E-state index in [2.05, 4.69) is 32.7 Å². The zero-order valence-electron chi connectivity index (χ0n) is 22.1. The van der Waals surface area contributed by atoms with Crippen LogP contribution in [0.4, 0.5) is 5.82 Å². The number of nitrogens with two attached hydrogens (primary N) is 1. The first-order valence-electron chi connectivity index (χ1n) is 13.7. The molecule has 0 radical (unpaired) electrons. The lowest BCUT2D eigenvalue weighted by molar-refractivity contribution is -0.118. The van der Waals surface area contributed by atoms with Crippen LogP contribution in [0.1, 0.15) is 31.4 Å². The van der Waals surface area contributed by atoms with Crippen molar-refractivity contribution in [1.82, 2.24) is 19.9 Å². The number of aromatic nitrogens is 3. The molecule has 0 bridgehead atoms. The van der Waals surface area contributed by atoms with Crippen molar-refractivity contribution in [3.63, 3.8) is 0 Å². The first-order valence-corrected chi connectivity index (χ1v) is 14.5. The number of carbonyl (C=O) groups is 1. The highest BCUT2D eigenvalue weighted by molar-refractivity contribution is 7.99. The summed E-state index contributed by atoms with van der Waals surface area (Å²) in [4.78, 5) is 35.8. The van der Waals surface area contributed by atoms with Gasteiger partial charge in [-0.25, -0.2) is 4.98 Å². The lowest BCUT2D eigenvalue weighted by Gasteiger charge is -2.33. The van der Waals surface area contributed by atoms with Crippen LogP contribution in [-0.2, 0) is 17.9 Å². The number of rotatable bonds is 8. The second-order valence-corrected chi connectivity index (χ2v) is 11.6. The van der Waals surface area contributed by atoms with Gasteiger partial charge in [0.05, 0.1) is 16.7 Å². The normalized spacial score (nSPS) is 19.5. The van der Waals surface area contributed by atoms with Crippen molar-refractivity contribution in [1.29, 1.82) is 0 Å². The third kappa shape index (κ3) is 6.04. The zero-order chi connectivity index (χ0) is 27.5. The number of ether oxygens (including phenoxy) is 1. The molecule has 4 heterocycles. The minimum Gasteiger partial charge on any atom is -0.480 e. The second-order valence-electron chi connectivity index (χ2n) is 10.4. The van der Waals surface area contributed by atoms with Crippen molar-refractivity contribution < 1.29 is 9.53 Å². The molecule has 40 heavy (non-hydrogen) atoms. The van der Waals surface area contributed by atoms with Crippen LogP contribution in [0, 0.1) is 5.92 Å². The Labute approximate surface area is 236 Å². The maximum Gasteiger partial charge on any atom is 0.263 e. The van der Waals surface area contributed by atoms with Crippen LogP contribution >= 0.6 is 11.8 Å². The Balaban J connectivity index is 1.07. The van der Waals surface area contributed by atoms with Crippen molar-refractivity contribution in [2.45, 2.75) is 60.6 Å². The summed E-state index contributed by atoms with van der Waals surface area (Å²) < 4.78 is 7.18. The van der Waals surface area contributed by atoms with Crippen LogP contribution in [0.2, 0.25) is 0 Å². The lowest BCUT2D eigenvalue weighted by atomic mass is 9.81. The van der Waals surface area contributed by atoms with Gasteiger partial charge < -0.3 is 25.7 Å². The molecule has 6 rings (SSSR count). The number of fused-ring (bicyclic) bond motifs is 2. The molecule has 1 aliphatic heterocycles. The van der Waals surface area contributed by atoms with Crippen LogP contribution in [-0.4, -0.2) is 39.1 Å². The molecular formula is C30H32N6O3S. The molecule has 1 aliphatic carbocycles. The molecule has 0 saturated heterocycles.